The number of rotatable bonds is 1. The lowest BCUT2D eigenvalue weighted by atomic mass is 9.96. The van der Waals surface area contributed by atoms with Gasteiger partial charge < -0.3 is 0 Å². The number of fused-ring (bicyclic) bond motifs is 1. The molecule has 0 bridgehead atoms. The second-order valence-electron chi connectivity index (χ2n) is 4.06. The first-order chi connectivity index (χ1) is 6.61. The maximum atomic E-state index is 4.30. The zero-order valence-corrected chi connectivity index (χ0v) is 9.05. The summed E-state index contributed by atoms with van der Waals surface area (Å²) >= 11 is 0. The molecule has 14 heavy (non-hydrogen) atoms. The lowest BCUT2D eigenvalue weighted by Crippen LogP contribution is -1.95. The van der Waals surface area contributed by atoms with Gasteiger partial charge in [-0.1, -0.05) is 13.8 Å². The van der Waals surface area contributed by atoms with Crippen LogP contribution in [0.4, 0.5) is 0 Å². The van der Waals surface area contributed by atoms with Crippen molar-refractivity contribution in [2.75, 3.05) is 0 Å². The van der Waals surface area contributed by atoms with E-state index < -0.39 is 0 Å². The van der Waals surface area contributed by atoms with E-state index in [2.05, 4.69) is 36.0 Å². The van der Waals surface area contributed by atoms with Gasteiger partial charge in [0.1, 0.15) is 0 Å². The average molecular weight is 189 g/mol. The fourth-order valence-electron chi connectivity index (χ4n) is 2.00. The van der Waals surface area contributed by atoms with Crippen LogP contribution in [-0.2, 0) is 0 Å². The first-order valence-corrected chi connectivity index (χ1v) is 4.91. The third kappa shape index (κ3) is 1.20. The van der Waals surface area contributed by atoms with E-state index in [-0.39, 0.29) is 0 Å². The molecule has 2 aromatic heterocycles. The minimum absolute atomic E-state index is 0.511. The molecular weight excluding hydrogens is 174 g/mol. The summed E-state index contributed by atoms with van der Waals surface area (Å²) in [6.45, 7) is 8.55. The van der Waals surface area contributed by atoms with Crippen molar-refractivity contribution in [2.45, 2.75) is 33.6 Å². The van der Waals surface area contributed by atoms with Crippen LogP contribution in [0.2, 0.25) is 0 Å². The van der Waals surface area contributed by atoms with Crippen LogP contribution in [0, 0.1) is 13.8 Å². The van der Waals surface area contributed by atoms with Crippen LogP contribution in [0.15, 0.2) is 6.20 Å². The Hall–Kier alpha value is -1.38. The highest BCUT2D eigenvalue weighted by molar-refractivity contribution is 5.82. The quantitative estimate of drug-likeness (QED) is 0.749. The molecule has 0 aliphatic carbocycles. The van der Waals surface area contributed by atoms with Gasteiger partial charge in [0.15, 0.2) is 5.65 Å². The Morgan fingerprint density at radius 3 is 2.64 bits per heavy atom. The van der Waals surface area contributed by atoms with Crippen LogP contribution in [0.5, 0.6) is 0 Å². The molecule has 3 heteroatoms. The van der Waals surface area contributed by atoms with E-state index in [1.165, 1.54) is 16.5 Å². The summed E-state index contributed by atoms with van der Waals surface area (Å²) in [5.41, 5.74) is 4.55. The fourth-order valence-corrected chi connectivity index (χ4v) is 2.00. The number of H-pyrrole nitrogens is 1. The van der Waals surface area contributed by atoms with Gasteiger partial charge >= 0.3 is 0 Å². The fraction of sp³-hybridized carbons (Fsp3) is 0.455. The van der Waals surface area contributed by atoms with Gasteiger partial charge in [-0.05, 0) is 30.9 Å². The molecule has 0 aliphatic heterocycles. The highest BCUT2D eigenvalue weighted by Gasteiger charge is 2.13. The lowest BCUT2D eigenvalue weighted by Gasteiger charge is -2.10. The van der Waals surface area contributed by atoms with E-state index in [0.717, 1.165) is 11.3 Å². The first-order valence-electron chi connectivity index (χ1n) is 4.91. The number of nitrogens with one attached hydrogen (secondary N) is 1. The smallest absolute Gasteiger partial charge is 0.181 e. The van der Waals surface area contributed by atoms with E-state index >= 15 is 0 Å². The van der Waals surface area contributed by atoms with E-state index in [4.69, 9.17) is 0 Å². The predicted octanol–water partition coefficient (Wildman–Crippen LogP) is 2.70. The Bertz CT molecular complexity index is 469. The summed E-state index contributed by atoms with van der Waals surface area (Å²) in [7, 11) is 0. The summed E-state index contributed by atoms with van der Waals surface area (Å²) in [5, 5.41) is 8.35. The Morgan fingerprint density at radius 1 is 1.29 bits per heavy atom. The molecule has 0 saturated heterocycles. The van der Waals surface area contributed by atoms with Crippen LogP contribution in [0.1, 0.15) is 36.6 Å². The molecule has 0 amide bonds. The Labute approximate surface area is 83.6 Å². The lowest BCUT2D eigenvalue weighted by molar-refractivity contribution is 0.863. The molecule has 0 fully saturated rings. The molecule has 0 unspecified atom stereocenters. The van der Waals surface area contributed by atoms with Crippen LogP contribution in [0.3, 0.4) is 0 Å². The molecule has 3 nitrogen and oxygen atoms in total. The maximum Gasteiger partial charge on any atom is 0.181 e. The van der Waals surface area contributed by atoms with E-state index in [9.17, 15) is 0 Å². The largest absolute Gasteiger partial charge is 0.280 e. The highest BCUT2D eigenvalue weighted by Crippen LogP contribution is 2.27. The van der Waals surface area contributed by atoms with Gasteiger partial charge in [0.05, 0.1) is 0 Å². The van der Waals surface area contributed by atoms with Crippen LogP contribution < -0.4 is 0 Å². The summed E-state index contributed by atoms with van der Waals surface area (Å²) in [6, 6.07) is 0. The van der Waals surface area contributed by atoms with E-state index in [1.807, 2.05) is 13.1 Å². The second kappa shape index (κ2) is 3.08. The summed E-state index contributed by atoms with van der Waals surface area (Å²) in [5.74, 6) is 0.511. The molecule has 0 spiro atoms. The summed E-state index contributed by atoms with van der Waals surface area (Å²) < 4.78 is 0. The maximum absolute atomic E-state index is 4.30. The van der Waals surface area contributed by atoms with Crippen LogP contribution >= 0.6 is 0 Å². The molecule has 0 aromatic carbocycles. The number of pyridine rings is 1. The molecule has 0 radical (unpaired) electrons. The normalized spacial score (nSPS) is 11.5. The molecule has 2 heterocycles. The molecular formula is C11H15N3. The van der Waals surface area contributed by atoms with Crippen molar-refractivity contribution >= 4 is 11.0 Å². The third-order valence-electron chi connectivity index (χ3n) is 2.58. The highest BCUT2D eigenvalue weighted by atomic mass is 15.1. The zero-order valence-electron chi connectivity index (χ0n) is 9.05. The van der Waals surface area contributed by atoms with Crippen molar-refractivity contribution in [1.29, 1.82) is 0 Å². The number of aromatic nitrogens is 3. The van der Waals surface area contributed by atoms with Gasteiger partial charge in [0.2, 0.25) is 0 Å². The van der Waals surface area contributed by atoms with E-state index in [0.29, 0.717) is 5.92 Å². The number of hydrogen-bond donors (Lipinski definition) is 1. The van der Waals surface area contributed by atoms with Gasteiger partial charge in [0.25, 0.3) is 0 Å². The minimum Gasteiger partial charge on any atom is -0.280 e. The third-order valence-corrected chi connectivity index (χ3v) is 2.58. The van der Waals surface area contributed by atoms with Crippen molar-refractivity contribution in [2.24, 2.45) is 0 Å². The predicted molar refractivity (Wildman–Crippen MR) is 57.5 cm³/mol. The van der Waals surface area contributed by atoms with Crippen molar-refractivity contribution in [3.05, 3.63) is 23.0 Å². The van der Waals surface area contributed by atoms with E-state index in [1.54, 1.807) is 0 Å². The topological polar surface area (TPSA) is 41.6 Å². The minimum atomic E-state index is 0.511. The van der Waals surface area contributed by atoms with Crippen molar-refractivity contribution < 1.29 is 0 Å². The molecule has 74 valence electrons. The molecule has 0 saturated carbocycles. The number of hydrogen-bond acceptors (Lipinski definition) is 2. The number of nitrogens with zero attached hydrogens (tertiary/aromatic N) is 2. The standard InChI is InChI=1S/C11H15N3/c1-6(2)9-7(3)5-12-11-10(9)8(4)13-14-11/h5-6H,1-4H3,(H,12,13,14). The Balaban J connectivity index is 2.87. The number of aryl methyl sites for hydroxylation is 2. The van der Waals surface area contributed by atoms with Gasteiger partial charge in [-0.3, -0.25) is 5.10 Å². The van der Waals surface area contributed by atoms with Gasteiger partial charge in [-0.25, -0.2) is 4.98 Å². The molecule has 0 aliphatic rings. The monoisotopic (exact) mass is 189 g/mol. The molecule has 2 aromatic rings. The zero-order chi connectivity index (χ0) is 10.3. The van der Waals surface area contributed by atoms with Crippen molar-refractivity contribution in [1.82, 2.24) is 15.2 Å². The second-order valence-corrected chi connectivity index (χ2v) is 4.06. The molecule has 2 rings (SSSR count). The average Bonchev–Trinajstić information content (AvgIpc) is 2.47. The SMILES string of the molecule is Cc1cnc2n[nH]c(C)c2c1C(C)C. The van der Waals surface area contributed by atoms with Crippen molar-refractivity contribution in [3.63, 3.8) is 0 Å². The molecule has 1 N–H and O–H groups in total. The van der Waals surface area contributed by atoms with Crippen molar-refractivity contribution in [3.8, 4) is 0 Å². The van der Waals surface area contributed by atoms with Gasteiger partial charge in [-0.15, -0.1) is 0 Å². The number of aromatic amines is 1. The van der Waals surface area contributed by atoms with Gasteiger partial charge in [-0.2, -0.15) is 5.10 Å². The summed E-state index contributed by atoms with van der Waals surface area (Å²) in [6.07, 6.45) is 1.90. The first kappa shape index (κ1) is 9.19. The van der Waals surface area contributed by atoms with Gasteiger partial charge in [0, 0.05) is 17.3 Å². The Morgan fingerprint density at radius 2 is 2.00 bits per heavy atom. The molecule has 0 atom stereocenters. The van der Waals surface area contributed by atoms with Crippen LogP contribution in [-0.4, -0.2) is 15.2 Å². The van der Waals surface area contributed by atoms with Crippen LogP contribution in [0.25, 0.3) is 11.0 Å². The summed E-state index contributed by atoms with van der Waals surface area (Å²) in [4.78, 5) is 4.30. The Kier molecular flexibility index (Phi) is 2.02.